The van der Waals surface area contributed by atoms with E-state index in [1.165, 1.54) is 0 Å². The first-order valence-electron chi connectivity index (χ1n) is 12.0. The number of aryl methyl sites for hydroxylation is 1. The van der Waals surface area contributed by atoms with Gasteiger partial charge in [-0.2, -0.15) is 0 Å². The van der Waals surface area contributed by atoms with Gasteiger partial charge in [0.1, 0.15) is 5.75 Å². The van der Waals surface area contributed by atoms with Crippen molar-refractivity contribution in [1.82, 2.24) is 5.32 Å². The van der Waals surface area contributed by atoms with Crippen LogP contribution in [-0.4, -0.2) is 37.7 Å². The number of rotatable bonds is 8. The molecule has 2 N–H and O–H groups in total. The number of nitrogens with one attached hydrogen (secondary N) is 2. The number of hydrogen-bond acceptors (Lipinski definition) is 6. The number of anilines is 2. The van der Waals surface area contributed by atoms with Gasteiger partial charge in [-0.3, -0.25) is 14.4 Å². The number of hydrogen-bond donors (Lipinski definition) is 2. The Morgan fingerprint density at radius 2 is 1.84 bits per heavy atom. The summed E-state index contributed by atoms with van der Waals surface area (Å²) in [6, 6.07) is 20.0. The summed E-state index contributed by atoms with van der Waals surface area (Å²) in [7, 11) is 0. The lowest BCUT2D eigenvalue weighted by Crippen LogP contribution is -2.32. The van der Waals surface area contributed by atoms with Crippen molar-refractivity contribution in [3.63, 3.8) is 0 Å². The summed E-state index contributed by atoms with van der Waals surface area (Å²) in [5.74, 6) is 0.861. The molecule has 3 aromatic carbocycles. The fraction of sp³-hybridized carbons (Fsp3) is 0.250. The Labute approximate surface area is 214 Å². The molecule has 3 amide bonds. The van der Waals surface area contributed by atoms with Crippen LogP contribution in [-0.2, 0) is 20.9 Å². The van der Waals surface area contributed by atoms with Crippen LogP contribution in [0.25, 0.3) is 0 Å². The van der Waals surface area contributed by atoms with Gasteiger partial charge in [-0.1, -0.05) is 18.2 Å². The van der Waals surface area contributed by atoms with Crippen LogP contribution in [0, 0.1) is 12.8 Å². The van der Waals surface area contributed by atoms with Gasteiger partial charge in [0.05, 0.1) is 5.92 Å². The summed E-state index contributed by atoms with van der Waals surface area (Å²) in [4.78, 5) is 39.1. The third kappa shape index (κ3) is 5.83. The van der Waals surface area contributed by atoms with E-state index in [1.54, 1.807) is 29.2 Å². The first kappa shape index (κ1) is 24.2. The largest absolute Gasteiger partial charge is 0.484 e. The van der Waals surface area contributed by atoms with Crippen molar-refractivity contribution >= 4 is 29.1 Å². The molecule has 0 aliphatic carbocycles. The Kier molecular flexibility index (Phi) is 6.93. The van der Waals surface area contributed by atoms with Crippen LogP contribution >= 0.6 is 0 Å². The summed E-state index contributed by atoms with van der Waals surface area (Å²) >= 11 is 0. The second-order valence-corrected chi connectivity index (χ2v) is 9.01. The van der Waals surface area contributed by atoms with E-state index < -0.39 is 5.92 Å². The average molecular weight is 502 g/mol. The molecule has 2 heterocycles. The van der Waals surface area contributed by atoms with Crippen LogP contribution in [0.3, 0.4) is 0 Å². The minimum Gasteiger partial charge on any atom is -0.484 e. The highest BCUT2D eigenvalue weighted by Gasteiger charge is 2.35. The van der Waals surface area contributed by atoms with E-state index in [2.05, 4.69) is 10.6 Å². The Hall–Kier alpha value is -4.53. The Morgan fingerprint density at radius 1 is 1.03 bits per heavy atom. The van der Waals surface area contributed by atoms with E-state index in [9.17, 15) is 14.4 Å². The predicted octanol–water partition coefficient (Wildman–Crippen LogP) is 3.41. The second kappa shape index (κ2) is 10.6. The van der Waals surface area contributed by atoms with Crippen molar-refractivity contribution in [3.05, 3.63) is 77.9 Å². The fourth-order valence-electron chi connectivity index (χ4n) is 4.31. The molecule has 3 aromatic rings. The standard InChI is InChI=1S/C28H27N3O6/c1-18-3-2-4-21(11-18)30-26(32)16-35-23-8-6-22(7-9-23)31-15-20(13-27(31)33)28(34)29-14-19-5-10-24-25(12-19)37-17-36-24/h2-12,20H,13-17H2,1H3,(H,29,34)(H,30,32)/t20-/m0/s1. The lowest BCUT2D eigenvalue weighted by atomic mass is 10.1. The minimum atomic E-state index is -0.442. The van der Waals surface area contributed by atoms with Gasteiger partial charge in [0, 0.05) is 30.9 Å². The molecule has 1 saturated heterocycles. The monoisotopic (exact) mass is 501 g/mol. The van der Waals surface area contributed by atoms with Crippen molar-refractivity contribution in [3.8, 4) is 17.2 Å². The van der Waals surface area contributed by atoms with Gasteiger partial charge in [0.2, 0.25) is 18.6 Å². The summed E-state index contributed by atoms with van der Waals surface area (Å²) in [5, 5.41) is 5.70. The van der Waals surface area contributed by atoms with E-state index in [0.29, 0.717) is 41.7 Å². The summed E-state index contributed by atoms with van der Waals surface area (Å²) in [5.41, 5.74) is 3.33. The number of carbonyl (C=O) groups excluding carboxylic acids is 3. The molecule has 5 rings (SSSR count). The minimum absolute atomic E-state index is 0.116. The maximum absolute atomic E-state index is 12.7. The molecule has 2 aliphatic rings. The van der Waals surface area contributed by atoms with Crippen LogP contribution in [0.5, 0.6) is 17.2 Å². The maximum atomic E-state index is 12.7. The Bertz CT molecular complexity index is 1320. The van der Waals surface area contributed by atoms with Crippen LogP contribution in [0.15, 0.2) is 66.7 Å². The molecule has 0 spiro atoms. The predicted molar refractivity (Wildman–Crippen MR) is 137 cm³/mol. The number of amides is 3. The lowest BCUT2D eigenvalue weighted by Gasteiger charge is -2.17. The van der Waals surface area contributed by atoms with E-state index in [0.717, 1.165) is 11.1 Å². The van der Waals surface area contributed by atoms with Crippen LogP contribution in [0.2, 0.25) is 0 Å². The van der Waals surface area contributed by atoms with Gasteiger partial charge in [-0.15, -0.1) is 0 Å². The van der Waals surface area contributed by atoms with E-state index in [-0.39, 0.29) is 37.5 Å². The van der Waals surface area contributed by atoms with Gasteiger partial charge >= 0.3 is 0 Å². The van der Waals surface area contributed by atoms with Crippen molar-refractivity contribution in [2.45, 2.75) is 19.9 Å². The number of nitrogens with zero attached hydrogens (tertiary/aromatic N) is 1. The van der Waals surface area contributed by atoms with E-state index in [4.69, 9.17) is 14.2 Å². The molecule has 0 saturated carbocycles. The molecular formula is C28H27N3O6. The van der Waals surface area contributed by atoms with Gasteiger partial charge in [-0.25, -0.2) is 0 Å². The Morgan fingerprint density at radius 3 is 2.65 bits per heavy atom. The maximum Gasteiger partial charge on any atom is 0.262 e. The normalized spacial score (nSPS) is 16.0. The summed E-state index contributed by atoms with van der Waals surface area (Å²) in [6.07, 6.45) is 0.143. The lowest BCUT2D eigenvalue weighted by molar-refractivity contribution is -0.126. The molecule has 190 valence electrons. The zero-order valence-electron chi connectivity index (χ0n) is 20.4. The first-order valence-corrected chi connectivity index (χ1v) is 12.0. The number of benzene rings is 3. The molecule has 37 heavy (non-hydrogen) atoms. The summed E-state index contributed by atoms with van der Waals surface area (Å²) in [6.45, 7) is 2.65. The Balaban J connectivity index is 1.10. The summed E-state index contributed by atoms with van der Waals surface area (Å²) < 4.78 is 16.3. The van der Waals surface area contributed by atoms with Crippen molar-refractivity contribution in [2.75, 3.05) is 30.2 Å². The topological polar surface area (TPSA) is 106 Å². The molecule has 1 atom stereocenters. The number of fused-ring (bicyclic) bond motifs is 1. The number of ether oxygens (including phenoxy) is 3. The van der Waals surface area contributed by atoms with E-state index >= 15 is 0 Å². The molecule has 0 unspecified atom stereocenters. The molecule has 0 bridgehead atoms. The van der Waals surface area contributed by atoms with Gasteiger partial charge < -0.3 is 29.7 Å². The zero-order chi connectivity index (χ0) is 25.8. The number of carbonyl (C=O) groups is 3. The molecule has 1 fully saturated rings. The van der Waals surface area contributed by atoms with Gasteiger partial charge in [-0.05, 0) is 66.6 Å². The highest BCUT2D eigenvalue weighted by Crippen LogP contribution is 2.32. The highest BCUT2D eigenvalue weighted by atomic mass is 16.7. The third-order valence-corrected chi connectivity index (χ3v) is 6.22. The first-order chi connectivity index (χ1) is 17.9. The van der Waals surface area contributed by atoms with E-state index in [1.807, 2.05) is 49.4 Å². The third-order valence-electron chi connectivity index (χ3n) is 6.22. The SMILES string of the molecule is Cc1cccc(NC(=O)COc2ccc(N3C[C@@H](C(=O)NCc4ccc5c(c4)OCO5)CC3=O)cc2)c1. The van der Waals surface area contributed by atoms with Gasteiger partial charge in [0.25, 0.3) is 5.91 Å². The zero-order valence-corrected chi connectivity index (χ0v) is 20.4. The average Bonchev–Trinajstić information content (AvgIpc) is 3.52. The second-order valence-electron chi connectivity index (χ2n) is 9.01. The molecule has 9 nitrogen and oxygen atoms in total. The molecule has 0 radical (unpaired) electrons. The quantitative estimate of drug-likeness (QED) is 0.490. The molecule has 0 aromatic heterocycles. The van der Waals surface area contributed by atoms with Gasteiger partial charge in [0.15, 0.2) is 18.1 Å². The molecule has 9 heteroatoms. The van der Waals surface area contributed by atoms with Crippen LogP contribution < -0.4 is 29.7 Å². The fourth-order valence-corrected chi connectivity index (χ4v) is 4.31. The van der Waals surface area contributed by atoms with Crippen molar-refractivity contribution in [2.24, 2.45) is 5.92 Å². The van der Waals surface area contributed by atoms with Crippen molar-refractivity contribution in [1.29, 1.82) is 0 Å². The van der Waals surface area contributed by atoms with Crippen molar-refractivity contribution < 1.29 is 28.6 Å². The van der Waals surface area contributed by atoms with Crippen LogP contribution in [0.1, 0.15) is 17.5 Å². The molecule has 2 aliphatic heterocycles. The van der Waals surface area contributed by atoms with Crippen LogP contribution in [0.4, 0.5) is 11.4 Å². The smallest absolute Gasteiger partial charge is 0.262 e. The molecular weight excluding hydrogens is 474 g/mol. The highest BCUT2D eigenvalue weighted by molar-refractivity contribution is 6.00.